The number of hydrogen-bond donors (Lipinski definition) is 1. The first-order chi connectivity index (χ1) is 13.3. The molecule has 6 nitrogen and oxygen atoms in total. The minimum atomic E-state index is -3.37. The predicted octanol–water partition coefficient (Wildman–Crippen LogP) is 2.71. The van der Waals surface area contributed by atoms with E-state index in [9.17, 15) is 13.2 Å². The second-order valence-corrected chi connectivity index (χ2v) is 9.96. The average Bonchev–Trinajstić information content (AvgIpc) is 2.64. The van der Waals surface area contributed by atoms with Gasteiger partial charge in [-0.05, 0) is 64.4 Å². The van der Waals surface area contributed by atoms with Crippen LogP contribution in [0.15, 0.2) is 29.1 Å². The highest BCUT2D eigenvalue weighted by Gasteiger charge is 2.33. The molecule has 0 saturated heterocycles. The van der Waals surface area contributed by atoms with Gasteiger partial charge in [-0.3, -0.25) is 4.79 Å². The number of aromatic nitrogens is 1. The molecule has 2 aliphatic rings. The molecular formula is C21H32N2O4S. The molecule has 1 fully saturated rings. The summed E-state index contributed by atoms with van der Waals surface area (Å²) in [6.07, 6.45) is 11.3. The SMILES string of the molecule is C/C=C\C1CCC(OC[C@H]2[C@@H](NS(C)(=O)=O)CCc3ccc(C)c(=O)n32)CC1. The van der Waals surface area contributed by atoms with Crippen molar-refractivity contribution in [2.75, 3.05) is 12.9 Å². The van der Waals surface area contributed by atoms with Gasteiger partial charge in [-0.15, -0.1) is 0 Å². The van der Waals surface area contributed by atoms with Crippen molar-refractivity contribution in [2.45, 2.75) is 70.6 Å². The molecule has 1 aromatic heterocycles. The standard InChI is InChI=1S/C21H32N2O4S/c1-4-5-16-7-11-18(12-8-16)27-14-20-19(22-28(3,25)26)13-10-17-9-6-15(2)21(24)23(17)20/h4-6,9,16,18-20,22H,7-8,10-14H2,1-3H3/b5-4-/t16?,18?,19-,20-/m0/s1. The highest BCUT2D eigenvalue weighted by Crippen LogP contribution is 2.30. The summed E-state index contributed by atoms with van der Waals surface area (Å²) in [5.41, 5.74) is 1.57. The van der Waals surface area contributed by atoms with E-state index in [0.717, 1.165) is 31.4 Å². The Morgan fingerprint density at radius 3 is 2.57 bits per heavy atom. The second kappa shape index (κ2) is 8.93. The Morgan fingerprint density at radius 2 is 1.93 bits per heavy atom. The zero-order chi connectivity index (χ0) is 20.3. The van der Waals surface area contributed by atoms with Crippen LogP contribution in [0.2, 0.25) is 0 Å². The fraction of sp³-hybridized carbons (Fsp3) is 0.667. The number of nitrogens with zero attached hydrogens (tertiary/aromatic N) is 1. The first-order valence-electron chi connectivity index (χ1n) is 10.2. The van der Waals surface area contributed by atoms with Crippen molar-refractivity contribution in [3.05, 3.63) is 45.9 Å². The van der Waals surface area contributed by atoms with Crippen LogP contribution >= 0.6 is 0 Å². The monoisotopic (exact) mass is 408 g/mol. The lowest BCUT2D eigenvalue weighted by molar-refractivity contribution is -0.00354. The maximum Gasteiger partial charge on any atom is 0.254 e. The molecule has 28 heavy (non-hydrogen) atoms. The molecule has 2 atom stereocenters. The highest BCUT2D eigenvalue weighted by molar-refractivity contribution is 7.88. The van der Waals surface area contributed by atoms with Gasteiger partial charge in [-0.1, -0.05) is 18.2 Å². The van der Waals surface area contributed by atoms with Gasteiger partial charge >= 0.3 is 0 Å². The van der Waals surface area contributed by atoms with Gasteiger partial charge in [0.1, 0.15) is 0 Å². The van der Waals surface area contributed by atoms with Gasteiger partial charge in [0.2, 0.25) is 10.0 Å². The van der Waals surface area contributed by atoms with Crippen molar-refractivity contribution in [3.63, 3.8) is 0 Å². The van der Waals surface area contributed by atoms with Gasteiger partial charge in [0.25, 0.3) is 5.56 Å². The molecule has 1 aliphatic carbocycles. The summed E-state index contributed by atoms with van der Waals surface area (Å²) < 4.78 is 34.4. The lowest BCUT2D eigenvalue weighted by Gasteiger charge is -2.37. The Morgan fingerprint density at radius 1 is 1.21 bits per heavy atom. The zero-order valence-corrected chi connectivity index (χ0v) is 17.9. The van der Waals surface area contributed by atoms with Crippen LogP contribution in [0.3, 0.4) is 0 Å². The quantitative estimate of drug-likeness (QED) is 0.734. The summed E-state index contributed by atoms with van der Waals surface area (Å²) in [5, 5.41) is 0. The molecular weight excluding hydrogens is 376 g/mol. The maximum atomic E-state index is 12.8. The van der Waals surface area contributed by atoms with Crippen molar-refractivity contribution >= 4 is 10.0 Å². The average molecular weight is 409 g/mol. The largest absolute Gasteiger partial charge is 0.376 e. The maximum absolute atomic E-state index is 12.8. The number of fused-ring (bicyclic) bond motifs is 1. The van der Waals surface area contributed by atoms with Crippen LogP contribution in [0, 0.1) is 12.8 Å². The molecule has 1 saturated carbocycles. The topological polar surface area (TPSA) is 77.4 Å². The molecule has 0 amide bonds. The van der Waals surface area contributed by atoms with E-state index in [4.69, 9.17) is 4.74 Å². The molecule has 0 unspecified atom stereocenters. The van der Waals surface area contributed by atoms with E-state index < -0.39 is 10.0 Å². The lowest BCUT2D eigenvalue weighted by Crippen LogP contribution is -2.49. The third-order valence-electron chi connectivity index (χ3n) is 5.95. The fourth-order valence-electron chi connectivity index (χ4n) is 4.49. The van der Waals surface area contributed by atoms with Crippen LogP contribution < -0.4 is 10.3 Å². The van der Waals surface area contributed by atoms with Crippen LogP contribution in [0.4, 0.5) is 0 Å². The Kier molecular flexibility index (Phi) is 6.78. The van der Waals surface area contributed by atoms with Crippen LogP contribution in [-0.2, 0) is 21.2 Å². The molecule has 1 aliphatic heterocycles. The number of rotatable bonds is 6. The molecule has 0 aromatic carbocycles. The number of sulfonamides is 1. The third kappa shape index (κ3) is 5.13. The van der Waals surface area contributed by atoms with Crippen LogP contribution in [0.5, 0.6) is 0 Å². The minimum absolute atomic E-state index is 0.0529. The van der Waals surface area contributed by atoms with E-state index in [0.29, 0.717) is 30.9 Å². The third-order valence-corrected chi connectivity index (χ3v) is 6.68. The Balaban J connectivity index is 1.77. The minimum Gasteiger partial charge on any atom is -0.376 e. The van der Waals surface area contributed by atoms with E-state index in [-0.39, 0.29) is 23.7 Å². The summed E-state index contributed by atoms with van der Waals surface area (Å²) in [6, 6.07) is 3.17. The number of ether oxygens (including phenoxy) is 1. The highest BCUT2D eigenvalue weighted by atomic mass is 32.2. The Hall–Kier alpha value is -1.44. The Bertz CT molecular complexity index is 867. The fourth-order valence-corrected chi connectivity index (χ4v) is 5.32. The molecule has 7 heteroatoms. The summed E-state index contributed by atoms with van der Waals surface area (Å²) in [6.45, 7) is 4.20. The molecule has 2 heterocycles. The molecule has 0 spiro atoms. The summed E-state index contributed by atoms with van der Waals surface area (Å²) in [5.74, 6) is 0.630. The molecule has 156 valence electrons. The van der Waals surface area contributed by atoms with E-state index in [1.165, 1.54) is 6.26 Å². The number of hydrogen-bond acceptors (Lipinski definition) is 4. The first kappa shape index (κ1) is 21.3. The van der Waals surface area contributed by atoms with Gasteiger partial charge in [0.15, 0.2) is 0 Å². The van der Waals surface area contributed by atoms with Crippen molar-refractivity contribution in [2.24, 2.45) is 5.92 Å². The second-order valence-electron chi connectivity index (χ2n) is 8.18. The zero-order valence-electron chi connectivity index (χ0n) is 17.1. The molecule has 3 rings (SSSR count). The number of aryl methyl sites for hydroxylation is 2. The number of nitrogens with one attached hydrogen (secondary N) is 1. The van der Waals surface area contributed by atoms with E-state index >= 15 is 0 Å². The molecule has 0 bridgehead atoms. The lowest BCUT2D eigenvalue weighted by atomic mass is 9.87. The van der Waals surface area contributed by atoms with Crippen molar-refractivity contribution in [1.29, 1.82) is 0 Å². The van der Waals surface area contributed by atoms with Crippen LogP contribution in [0.1, 0.15) is 56.3 Å². The first-order valence-corrected chi connectivity index (χ1v) is 12.1. The van der Waals surface area contributed by atoms with Crippen molar-refractivity contribution in [3.8, 4) is 0 Å². The molecule has 0 radical (unpaired) electrons. The Labute approximate surface area is 168 Å². The van der Waals surface area contributed by atoms with Crippen LogP contribution in [0.25, 0.3) is 0 Å². The van der Waals surface area contributed by atoms with Crippen molar-refractivity contribution < 1.29 is 13.2 Å². The van der Waals surface area contributed by atoms with Gasteiger partial charge < -0.3 is 9.30 Å². The normalized spacial score (nSPS) is 28.4. The van der Waals surface area contributed by atoms with E-state index in [1.807, 2.05) is 12.1 Å². The van der Waals surface area contributed by atoms with Gasteiger partial charge in [-0.2, -0.15) is 0 Å². The predicted molar refractivity (Wildman–Crippen MR) is 111 cm³/mol. The molecule has 1 aromatic rings. The van der Waals surface area contributed by atoms with Crippen molar-refractivity contribution in [1.82, 2.24) is 9.29 Å². The number of allylic oxidation sites excluding steroid dienone is 2. The van der Waals surface area contributed by atoms with Crippen LogP contribution in [-0.4, -0.2) is 38.0 Å². The summed E-state index contributed by atoms with van der Waals surface area (Å²) in [7, 11) is -3.37. The van der Waals surface area contributed by atoms with E-state index in [2.05, 4.69) is 23.8 Å². The summed E-state index contributed by atoms with van der Waals surface area (Å²) >= 11 is 0. The van der Waals surface area contributed by atoms with E-state index in [1.54, 1.807) is 11.5 Å². The smallest absolute Gasteiger partial charge is 0.254 e. The van der Waals surface area contributed by atoms with Gasteiger partial charge in [0, 0.05) is 17.3 Å². The van der Waals surface area contributed by atoms with Gasteiger partial charge in [0.05, 0.1) is 25.0 Å². The molecule has 1 N–H and O–H groups in total. The van der Waals surface area contributed by atoms with Gasteiger partial charge in [-0.25, -0.2) is 13.1 Å². The number of pyridine rings is 1. The summed E-state index contributed by atoms with van der Waals surface area (Å²) in [4.78, 5) is 12.8.